The summed E-state index contributed by atoms with van der Waals surface area (Å²) in [6.07, 6.45) is 1.70. The van der Waals surface area contributed by atoms with Crippen molar-refractivity contribution in [2.24, 2.45) is 7.05 Å². The molecular weight excluding hydrogens is 404 g/mol. The van der Waals surface area contributed by atoms with Gasteiger partial charge in [-0.15, -0.1) is 0 Å². The maximum Gasteiger partial charge on any atom is 0.254 e. The highest BCUT2D eigenvalue weighted by Gasteiger charge is 2.17. The number of carbonyl (C=O) groups excluding carboxylic acids is 1. The number of carbonyl (C=O) groups is 1. The largest absolute Gasteiger partial charge is 0.493 e. The first kappa shape index (κ1) is 21.6. The maximum absolute atomic E-state index is 12.9. The lowest BCUT2D eigenvalue weighted by Crippen LogP contribution is -2.30. The number of para-hydroxylation sites is 1. The van der Waals surface area contributed by atoms with E-state index >= 15 is 0 Å². The summed E-state index contributed by atoms with van der Waals surface area (Å²) in [5.74, 6) is 0.229. The van der Waals surface area contributed by atoms with E-state index in [1.54, 1.807) is 31.1 Å². The van der Waals surface area contributed by atoms with E-state index in [4.69, 9.17) is 4.74 Å². The fraction of sp³-hybridized carbons (Fsp3) is 0.273. The molecular formula is C22H24N2O5S. The van der Waals surface area contributed by atoms with Crippen LogP contribution in [-0.4, -0.2) is 50.2 Å². The second-order valence-electron chi connectivity index (χ2n) is 7.15. The molecule has 1 amide bonds. The zero-order valence-corrected chi connectivity index (χ0v) is 18.0. The van der Waals surface area contributed by atoms with Gasteiger partial charge in [-0.1, -0.05) is 24.3 Å². The summed E-state index contributed by atoms with van der Waals surface area (Å²) >= 11 is 0. The van der Waals surface area contributed by atoms with Crippen LogP contribution in [0.1, 0.15) is 16.8 Å². The van der Waals surface area contributed by atoms with Crippen LogP contribution in [-0.2, 0) is 16.9 Å². The van der Waals surface area contributed by atoms with Crippen molar-refractivity contribution < 1.29 is 17.9 Å². The Bertz CT molecular complexity index is 1250. The topological polar surface area (TPSA) is 85.7 Å². The Labute approximate surface area is 175 Å². The van der Waals surface area contributed by atoms with E-state index in [9.17, 15) is 18.0 Å². The van der Waals surface area contributed by atoms with Gasteiger partial charge in [0.1, 0.15) is 5.75 Å². The Morgan fingerprint density at radius 3 is 2.57 bits per heavy atom. The number of aryl methyl sites for hydroxylation is 1. The van der Waals surface area contributed by atoms with E-state index in [2.05, 4.69) is 0 Å². The minimum Gasteiger partial charge on any atom is -0.493 e. The van der Waals surface area contributed by atoms with Gasteiger partial charge in [-0.2, -0.15) is 0 Å². The van der Waals surface area contributed by atoms with Crippen molar-refractivity contribution in [2.45, 2.75) is 11.3 Å². The molecule has 0 unspecified atom stereocenters. The molecule has 0 aliphatic heterocycles. The van der Waals surface area contributed by atoms with Crippen molar-refractivity contribution in [3.8, 4) is 5.75 Å². The van der Waals surface area contributed by atoms with E-state index in [1.165, 1.54) is 22.8 Å². The Balaban J connectivity index is 1.64. The summed E-state index contributed by atoms with van der Waals surface area (Å²) in [6, 6.07) is 15.0. The third-order valence-electron chi connectivity index (χ3n) is 4.87. The molecule has 0 radical (unpaired) electrons. The number of hydrogen-bond acceptors (Lipinski definition) is 5. The Kier molecular flexibility index (Phi) is 6.26. The number of hydrogen-bond donors (Lipinski definition) is 0. The van der Waals surface area contributed by atoms with Gasteiger partial charge in [0.2, 0.25) is 0 Å². The van der Waals surface area contributed by atoms with Gasteiger partial charge in [-0.3, -0.25) is 9.59 Å². The molecule has 0 aliphatic carbocycles. The fourth-order valence-corrected chi connectivity index (χ4v) is 3.84. The summed E-state index contributed by atoms with van der Waals surface area (Å²) in [4.78, 5) is 26.9. The molecule has 0 N–H and O–H groups in total. The average molecular weight is 429 g/mol. The van der Waals surface area contributed by atoms with Crippen LogP contribution in [0.4, 0.5) is 0 Å². The highest BCUT2D eigenvalue weighted by atomic mass is 32.2. The van der Waals surface area contributed by atoms with E-state index in [-0.39, 0.29) is 16.4 Å². The number of nitrogens with zero attached hydrogens (tertiary/aromatic N) is 2. The van der Waals surface area contributed by atoms with Crippen LogP contribution in [0, 0.1) is 0 Å². The fourth-order valence-electron chi connectivity index (χ4n) is 3.18. The highest BCUT2D eigenvalue weighted by molar-refractivity contribution is 7.90. The Morgan fingerprint density at radius 2 is 1.83 bits per heavy atom. The monoisotopic (exact) mass is 428 g/mol. The Hall–Kier alpha value is -3.13. The number of amides is 1. The molecule has 0 bridgehead atoms. The number of pyridine rings is 1. The van der Waals surface area contributed by atoms with Crippen LogP contribution in [0.15, 0.2) is 64.3 Å². The van der Waals surface area contributed by atoms with Crippen molar-refractivity contribution >= 4 is 26.6 Å². The average Bonchev–Trinajstić information content (AvgIpc) is 2.73. The summed E-state index contributed by atoms with van der Waals surface area (Å²) in [6.45, 7) is 0.746. The lowest BCUT2D eigenvalue weighted by Gasteiger charge is -2.19. The quantitative estimate of drug-likeness (QED) is 0.540. The summed E-state index contributed by atoms with van der Waals surface area (Å²) in [5, 5.41) is 0.727. The van der Waals surface area contributed by atoms with Gasteiger partial charge in [-0.05, 0) is 30.7 Å². The zero-order chi connectivity index (χ0) is 21.9. The summed E-state index contributed by atoms with van der Waals surface area (Å²) < 4.78 is 30.4. The second kappa shape index (κ2) is 8.71. The molecule has 0 saturated heterocycles. The first-order chi connectivity index (χ1) is 14.2. The van der Waals surface area contributed by atoms with Crippen molar-refractivity contribution in [3.05, 3.63) is 70.5 Å². The van der Waals surface area contributed by atoms with E-state index in [1.807, 2.05) is 24.3 Å². The standard InChI is InChI=1S/C22H24N2O5S/c1-23(12-7-13-29-16-8-6-9-17(14-16)30(3,27)28)22(26)19-15-21(25)24(2)20-11-5-4-10-18(19)20/h4-6,8-11,14-15H,7,12-13H2,1-3H3. The number of sulfone groups is 1. The van der Waals surface area contributed by atoms with Gasteiger partial charge in [0, 0.05) is 38.3 Å². The van der Waals surface area contributed by atoms with Crippen LogP contribution in [0.3, 0.4) is 0 Å². The lowest BCUT2D eigenvalue weighted by atomic mass is 10.1. The van der Waals surface area contributed by atoms with E-state index in [0.29, 0.717) is 36.4 Å². The molecule has 0 spiro atoms. The molecule has 0 aliphatic rings. The normalized spacial score (nSPS) is 11.4. The second-order valence-corrected chi connectivity index (χ2v) is 9.16. The smallest absolute Gasteiger partial charge is 0.254 e. The molecule has 0 atom stereocenters. The van der Waals surface area contributed by atoms with Crippen molar-refractivity contribution in [1.29, 1.82) is 0 Å². The Morgan fingerprint density at radius 1 is 1.10 bits per heavy atom. The molecule has 2 aromatic carbocycles. The molecule has 3 rings (SSSR count). The highest BCUT2D eigenvalue weighted by Crippen LogP contribution is 2.19. The number of aromatic nitrogens is 1. The van der Waals surface area contributed by atoms with Gasteiger partial charge in [0.25, 0.3) is 11.5 Å². The zero-order valence-electron chi connectivity index (χ0n) is 17.2. The van der Waals surface area contributed by atoms with Gasteiger partial charge >= 0.3 is 0 Å². The van der Waals surface area contributed by atoms with Crippen LogP contribution in [0.2, 0.25) is 0 Å². The lowest BCUT2D eigenvalue weighted by molar-refractivity contribution is 0.0789. The summed E-state index contributed by atoms with van der Waals surface area (Å²) in [7, 11) is 0.0627. The third kappa shape index (κ3) is 4.71. The van der Waals surface area contributed by atoms with E-state index < -0.39 is 9.84 Å². The number of ether oxygens (including phenoxy) is 1. The molecule has 0 fully saturated rings. The number of benzene rings is 2. The molecule has 0 saturated carbocycles. The van der Waals surface area contributed by atoms with Gasteiger partial charge in [0.15, 0.2) is 9.84 Å². The van der Waals surface area contributed by atoms with E-state index in [0.717, 1.165) is 11.6 Å². The maximum atomic E-state index is 12.9. The van der Waals surface area contributed by atoms with Gasteiger partial charge in [-0.25, -0.2) is 8.42 Å². The number of rotatable bonds is 7. The minimum absolute atomic E-state index is 0.199. The first-order valence-corrected chi connectivity index (χ1v) is 11.3. The third-order valence-corrected chi connectivity index (χ3v) is 5.98. The molecule has 3 aromatic rings. The van der Waals surface area contributed by atoms with Gasteiger partial charge in [0.05, 0.1) is 22.6 Å². The molecule has 7 nitrogen and oxygen atoms in total. The molecule has 1 heterocycles. The van der Waals surface area contributed by atoms with Crippen LogP contribution in [0.25, 0.3) is 10.9 Å². The predicted octanol–water partition coefficient (Wildman–Crippen LogP) is 2.48. The van der Waals surface area contributed by atoms with Crippen LogP contribution < -0.4 is 10.3 Å². The minimum atomic E-state index is -3.30. The van der Waals surface area contributed by atoms with Crippen molar-refractivity contribution in [2.75, 3.05) is 26.5 Å². The molecule has 1 aromatic heterocycles. The predicted molar refractivity (Wildman–Crippen MR) is 116 cm³/mol. The van der Waals surface area contributed by atoms with Crippen LogP contribution in [0.5, 0.6) is 5.75 Å². The van der Waals surface area contributed by atoms with Crippen LogP contribution >= 0.6 is 0 Å². The SMILES string of the molecule is CN(CCCOc1cccc(S(C)(=O)=O)c1)C(=O)c1cc(=O)n(C)c2ccccc12. The van der Waals surface area contributed by atoms with Gasteiger partial charge < -0.3 is 14.2 Å². The van der Waals surface area contributed by atoms with Crippen molar-refractivity contribution in [1.82, 2.24) is 9.47 Å². The molecule has 8 heteroatoms. The number of fused-ring (bicyclic) bond motifs is 1. The molecule has 30 heavy (non-hydrogen) atoms. The molecule has 158 valence electrons. The summed E-state index contributed by atoms with van der Waals surface area (Å²) in [5.41, 5.74) is 0.841. The first-order valence-electron chi connectivity index (χ1n) is 9.45. The van der Waals surface area contributed by atoms with Crippen molar-refractivity contribution in [3.63, 3.8) is 0 Å².